The Morgan fingerprint density at radius 3 is 2.71 bits per heavy atom. The van der Waals surface area contributed by atoms with Crippen LogP contribution in [0, 0.1) is 0 Å². The summed E-state index contributed by atoms with van der Waals surface area (Å²) in [5, 5.41) is 11.4. The molecular weight excluding hydrogens is 224 g/mol. The number of carboxylic acid groups (broad SMARTS) is 1. The van der Waals surface area contributed by atoms with Crippen molar-refractivity contribution in [3.63, 3.8) is 0 Å². The van der Waals surface area contributed by atoms with E-state index in [9.17, 15) is 14.4 Å². The molecule has 1 saturated heterocycles. The molecular formula is C11H10N2O4. The molecule has 0 aromatic heterocycles. The Labute approximate surface area is 96.8 Å². The summed E-state index contributed by atoms with van der Waals surface area (Å²) < 4.78 is 0. The fourth-order valence-corrected chi connectivity index (χ4v) is 1.70. The Bertz CT molecular complexity index is 498. The van der Waals surface area contributed by atoms with Gasteiger partial charge in [-0.2, -0.15) is 0 Å². The number of carbonyl (C=O) groups excluding carboxylic acids is 2. The Morgan fingerprint density at radius 1 is 1.29 bits per heavy atom. The highest BCUT2D eigenvalue weighted by molar-refractivity contribution is 6.41. The van der Waals surface area contributed by atoms with Gasteiger partial charge in [-0.1, -0.05) is 12.1 Å². The van der Waals surface area contributed by atoms with Crippen LogP contribution in [0.25, 0.3) is 0 Å². The number of rotatable bonds is 2. The van der Waals surface area contributed by atoms with Gasteiger partial charge < -0.3 is 15.3 Å². The lowest BCUT2D eigenvalue weighted by Crippen LogP contribution is -2.52. The number of hydrogen-bond acceptors (Lipinski definition) is 3. The molecule has 2 rings (SSSR count). The van der Waals surface area contributed by atoms with Gasteiger partial charge in [0, 0.05) is 13.1 Å². The predicted octanol–water partition coefficient (Wildman–Crippen LogP) is -0.152. The molecule has 1 aromatic carbocycles. The van der Waals surface area contributed by atoms with Crippen LogP contribution < -0.4 is 10.2 Å². The number of aromatic carboxylic acids is 1. The topological polar surface area (TPSA) is 86.7 Å². The molecule has 6 heteroatoms. The van der Waals surface area contributed by atoms with Crippen LogP contribution in [0.15, 0.2) is 24.3 Å². The van der Waals surface area contributed by atoms with Crippen molar-refractivity contribution in [3.8, 4) is 0 Å². The average Bonchev–Trinajstić information content (AvgIpc) is 2.33. The SMILES string of the molecule is O=C1NCCN(c2ccccc2C(=O)O)C1=O. The number of piperazine rings is 1. The number of nitrogens with one attached hydrogen (secondary N) is 1. The van der Waals surface area contributed by atoms with E-state index in [0.29, 0.717) is 6.54 Å². The standard InChI is InChI=1S/C11H10N2O4/c14-9-10(15)13(6-5-12-9)8-4-2-1-3-7(8)11(16)17/h1-4H,5-6H2,(H,12,14)(H,16,17). The summed E-state index contributed by atoms with van der Waals surface area (Å²) in [4.78, 5) is 35.0. The van der Waals surface area contributed by atoms with E-state index in [1.807, 2.05) is 0 Å². The van der Waals surface area contributed by atoms with Crippen molar-refractivity contribution in [2.45, 2.75) is 0 Å². The van der Waals surface area contributed by atoms with Gasteiger partial charge in [-0.05, 0) is 12.1 Å². The summed E-state index contributed by atoms with van der Waals surface area (Å²) >= 11 is 0. The predicted molar refractivity (Wildman–Crippen MR) is 58.8 cm³/mol. The zero-order valence-electron chi connectivity index (χ0n) is 8.84. The molecule has 0 bridgehead atoms. The van der Waals surface area contributed by atoms with Gasteiger partial charge in [0.1, 0.15) is 0 Å². The number of para-hydroxylation sites is 1. The Hall–Kier alpha value is -2.37. The summed E-state index contributed by atoms with van der Waals surface area (Å²) in [5.74, 6) is -2.57. The molecule has 0 radical (unpaired) electrons. The molecule has 0 spiro atoms. The summed E-state index contributed by atoms with van der Waals surface area (Å²) in [6.45, 7) is 0.591. The van der Waals surface area contributed by atoms with Crippen LogP contribution in [0.5, 0.6) is 0 Å². The van der Waals surface area contributed by atoms with E-state index in [1.54, 1.807) is 12.1 Å². The number of carboxylic acids is 1. The Kier molecular flexibility index (Phi) is 2.78. The van der Waals surface area contributed by atoms with Gasteiger partial charge >= 0.3 is 17.8 Å². The third-order valence-electron chi connectivity index (χ3n) is 2.49. The third-order valence-corrected chi connectivity index (χ3v) is 2.49. The monoisotopic (exact) mass is 234 g/mol. The first-order chi connectivity index (χ1) is 8.11. The molecule has 1 aromatic rings. The first-order valence-corrected chi connectivity index (χ1v) is 5.03. The molecule has 2 N–H and O–H groups in total. The fourth-order valence-electron chi connectivity index (χ4n) is 1.70. The number of anilines is 1. The van der Waals surface area contributed by atoms with Gasteiger partial charge in [0.05, 0.1) is 11.3 Å². The average molecular weight is 234 g/mol. The Balaban J connectivity index is 2.43. The molecule has 0 unspecified atom stereocenters. The minimum absolute atomic E-state index is 0.00977. The van der Waals surface area contributed by atoms with E-state index in [2.05, 4.69) is 5.32 Å². The van der Waals surface area contributed by atoms with Gasteiger partial charge in [0.15, 0.2) is 0 Å². The minimum atomic E-state index is -1.13. The van der Waals surface area contributed by atoms with Crippen LogP contribution in [-0.4, -0.2) is 36.0 Å². The minimum Gasteiger partial charge on any atom is -0.478 e. The highest BCUT2D eigenvalue weighted by Crippen LogP contribution is 2.21. The number of benzene rings is 1. The van der Waals surface area contributed by atoms with Gasteiger partial charge in [-0.3, -0.25) is 9.59 Å². The molecule has 88 valence electrons. The van der Waals surface area contributed by atoms with Crippen molar-refractivity contribution < 1.29 is 19.5 Å². The maximum atomic E-state index is 11.6. The van der Waals surface area contributed by atoms with Crippen LogP contribution >= 0.6 is 0 Å². The summed E-state index contributed by atoms with van der Waals surface area (Å²) in [5.41, 5.74) is 0.260. The molecule has 17 heavy (non-hydrogen) atoms. The van der Waals surface area contributed by atoms with E-state index >= 15 is 0 Å². The molecule has 2 amide bonds. The number of nitrogens with zero attached hydrogens (tertiary/aromatic N) is 1. The lowest BCUT2D eigenvalue weighted by Gasteiger charge is -2.27. The largest absolute Gasteiger partial charge is 0.478 e. The summed E-state index contributed by atoms with van der Waals surface area (Å²) in [7, 11) is 0. The molecule has 1 heterocycles. The second-order valence-electron chi connectivity index (χ2n) is 3.53. The van der Waals surface area contributed by atoms with Crippen LogP contribution in [0.4, 0.5) is 5.69 Å². The first-order valence-electron chi connectivity index (χ1n) is 5.03. The summed E-state index contributed by atoms with van der Waals surface area (Å²) in [6, 6.07) is 6.11. The van der Waals surface area contributed by atoms with Gasteiger partial charge in [-0.15, -0.1) is 0 Å². The Morgan fingerprint density at radius 2 is 2.00 bits per heavy atom. The van der Waals surface area contributed by atoms with Gasteiger partial charge in [0.25, 0.3) is 0 Å². The van der Waals surface area contributed by atoms with Crippen molar-refractivity contribution in [2.75, 3.05) is 18.0 Å². The summed E-state index contributed by atoms with van der Waals surface area (Å²) in [6.07, 6.45) is 0. The van der Waals surface area contributed by atoms with E-state index in [4.69, 9.17) is 5.11 Å². The van der Waals surface area contributed by atoms with Crippen molar-refractivity contribution in [1.82, 2.24) is 5.32 Å². The van der Waals surface area contributed by atoms with Crippen molar-refractivity contribution >= 4 is 23.5 Å². The van der Waals surface area contributed by atoms with E-state index in [1.165, 1.54) is 17.0 Å². The zero-order chi connectivity index (χ0) is 12.4. The van der Waals surface area contributed by atoms with Crippen molar-refractivity contribution in [2.24, 2.45) is 0 Å². The van der Waals surface area contributed by atoms with E-state index < -0.39 is 17.8 Å². The van der Waals surface area contributed by atoms with E-state index in [0.717, 1.165) is 0 Å². The van der Waals surface area contributed by atoms with Crippen LogP contribution in [-0.2, 0) is 9.59 Å². The van der Waals surface area contributed by atoms with Gasteiger partial charge in [-0.25, -0.2) is 4.79 Å². The third kappa shape index (κ3) is 1.96. The normalized spacial score (nSPS) is 15.6. The van der Waals surface area contributed by atoms with Crippen molar-refractivity contribution in [3.05, 3.63) is 29.8 Å². The lowest BCUT2D eigenvalue weighted by molar-refractivity contribution is -0.138. The molecule has 1 fully saturated rings. The van der Waals surface area contributed by atoms with E-state index in [-0.39, 0.29) is 17.8 Å². The second kappa shape index (κ2) is 4.25. The maximum absolute atomic E-state index is 11.6. The zero-order valence-corrected chi connectivity index (χ0v) is 8.84. The van der Waals surface area contributed by atoms with Crippen LogP contribution in [0.1, 0.15) is 10.4 Å². The molecule has 1 aliphatic rings. The lowest BCUT2D eigenvalue weighted by atomic mass is 10.1. The molecule has 6 nitrogen and oxygen atoms in total. The van der Waals surface area contributed by atoms with Crippen LogP contribution in [0.2, 0.25) is 0 Å². The van der Waals surface area contributed by atoms with Crippen LogP contribution in [0.3, 0.4) is 0 Å². The number of hydrogen-bond donors (Lipinski definition) is 2. The smallest absolute Gasteiger partial charge is 0.337 e. The molecule has 0 aliphatic carbocycles. The first kappa shape index (κ1) is 11.1. The number of amides is 2. The highest BCUT2D eigenvalue weighted by Gasteiger charge is 2.29. The van der Waals surface area contributed by atoms with Gasteiger partial charge in [0.2, 0.25) is 0 Å². The molecule has 0 saturated carbocycles. The molecule has 1 aliphatic heterocycles. The molecule has 0 atom stereocenters. The quantitative estimate of drug-likeness (QED) is 0.696. The fraction of sp³-hybridized carbons (Fsp3) is 0.182. The maximum Gasteiger partial charge on any atom is 0.337 e. The van der Waals surface area contributed by atoms with Crippen molar-refractivity contribution in [1.29, 1.82) is 0 Å². The number of carbonyl (C=O) groups is 3. The highest BCUT2D eigenvalue weighted by atomic mass is 16.4. The second-order valence-corrected chi connectivity index (χ2v) is 3.53.